The van der Waals surface area contributed by atoms with Gasteiger partial charge in [-0.05, 0) is 31.3 Å². The van der Waals surface area contributed by atoms with E-state index in [1.165, 1.54) is 6.20 Å². The van der Waals surface area contributed by atoms with Gasteiger partial charge in [0.25, 0.3) is 5.17 Å². The zero-order valence-corrected chi connectivity index (χ0v) is 10.4. The molecule has 2 N–H and O–H groups in total. The van der Waals surface area contributed by atoms with E-state index >= 15 is 0 Å². The smallest absolute Gasteiger partial charge is 0.262 e. The summed E-state index contributed by atoms with van der Waals surface area (Å²) in [5.41, 5.74) is 0. The molecule has 1 atom stereocenters. The van der Waals surface area contributed by atoms with Crippen molar-refractivity contribution in [3.8, 4) is 0 Å². The quantitative estimate of drug-likeness (QED) is 0.813. The summed E-state index contributed by atoms with van der Waals surface area (Å²) in [6, 6.07) is 3.40. The zero-order valence-electron chi connectivity index (χ0n) is 8.81. The summed E-state index contributed by atoms with van der Waals surface area (Å²) in [7, 11) is 0. The van der Waals surface area contributed by atoms with Crippen LogP contribution in [0.25, 0.3) is 0 Å². The van der Waals surface area contributed by atoms with Gasteiger partial charge in [0.15, 0.2) is 0 Å². The molecule has 0 saturated carbocycles. The number of aromatic nitrogens is 1. The molecule has 1 aromatic rings. The lowest BCUT2D eigenvalue weighted by Crippen LogP contribution is -2.16. The number of halogens is 1. The molecule has 0 fully saturated rings. The second-order valence-corrected chi connectivity index (χ2v) is 4.07. The number of hydrogen-bond acceptors (Lipinski definition) is 4. The SMILES string of the molecule is CC(O)CCOC(=S)Nc1ccc(Cl)cn1. The number of nitrogens with one attached hydrogen (secondary N) is 1. The van der Waals surface area contributed by atoms with Gasteiger partial charge >= 0.3 is 0 Å². The molecular weight excluding hydrogens is 248 g/mol. The van der Waals surface area contributed by atoms with E-state index in [-0.39, 0.29) is 5.17 Å². The summed E-state index contributed by atoms with van der Waals surface area (Å²) in [6.45, 7) is 2.07. The predicted octanol–water partition coefficient (Wildman–Crippen LogP) is 2.22. The molecule has 1 aromatic heterocycles. The van der Waals surface area contributed by atoms with Gasteiger partial charge in [0.2, 0.25) is 0 Å². The maximum atomic E-state index is 9.01. The summed E-state index contributed by atoms with van der Waals surface area (Å²) in [5, 5.41) is 12.6. The van der Waals surface area contributed by atoms with Crippen molar-refractivity contribution in [2.24, 2.45) is 0 Å². The molecule has 0 aliphatic heterocycles. The van der Waals surface area contributed by atoms with Crippen LogP contribution in [0.1, 0.15) is 13.3 Å². The first-order chi connectivity index (χ1) is 7.58. The van der Waals surface area contributed by atoms with E-state index in [1.54, 1.807) is 19.1 Å². The summed E-state index contributed by atoms with van der Waals surface area (Å²) in [6.07, 6.45) is 1.66. The minimum absolute atomic E-state index is 0.232. The average Bonchev–Trinajstić information content (AvgIpc) is 2.21. The summed E-state index contributed by atoms with van der Waals surface area (Å²) in [4.78, 5) is 4.00. The fraction of sp³-hybridized carbons (Fsp3) is 0.400. The van der Waals surface area contributed by atoms with E-state index in [9.17, 15) is 0 Å². The molecule has 0 bridgehead atoms. The highest BCUT2D eigenvalue weighted by Crippen LogP contribution is 2.09. The molecule has 6 heteroatoms. The van der Waals surface area contributed by atoms with Gasteiger partial charge in [-0.3, -0.25) is 0 Å². The minimum Gasteiger partial charge on any atom is -0.471 e. The topological polar surface area (TPSA) is 54.4 Å². The highest BCUT2D eigenvalue weighted by atomic mass is 35.5. The molecule has 16 heavy (non-hydrogen) atoms. The third-order valence-electron chi connectivity index (χ3n) is 1.73. The van der Waals surface area contributed by atoms with E-state index in [4.69, 9.17) is 33.7 Å². The Balaban J connectivity index is 2.31. The number of pyridine rings is 1. The fourth-order valence-corrected chi connectivity index (χ4v) is 1.21. The molecule has 0 spiro atoms. The first-order valence-corrected chi connectivity index (χ1v) is 5.60. The zero-order chi connectivity index (χ0) is 12.0. The Morgan fingerprint density at radius 3 is 3.00 bits per heavy atom. The van der Waals surface area contributed by atoms with Gasteiger partial charge in [0.1, 0.15) is 5.82 Å². The van der Waals surface area contributed by atoms with Crippen molar-refractivity contribution >= 4 is 34.8 Å². The number of hydrogen-bond donors (Lipinski definition) is 2. The predicted molar refractivity (Wildman–Crippen MR) is 67.7 cm³/mol. The molecule has 88 valence electrons. The van der Waals surface area contributed by atoms with Gasteiger partial charge in [-0.1, -0.05) is 11.6 Å². The number of ether oxygens (including phenoxy) is 1. The van der Waals surface area contributed by atoms with Crippen molar-refractivity contribution in [3.05, 3.63) is 23.4 Å². The fourth-order valence-electron chi connectivity index (χ4n) is 0.913. The average molecular weight is 261 g/mol. The van der Waals surface area contributed by atoms with Crippen LogP contribution >= 0.6 is 23.8 Å². The lowest BCUT2D eigenvalue weighted by molar-refractivity contribution is 0.153. The van der Waals surface area contributed by atoms with Gasteiger partial charge < -0.3 is 15.2 Å². The van der Waals surface area contributed by atoms with Crippen molar-refractivity contribution in [1.29, 1.82) is 0 Å². The minimum atomic E-state index is -0.392. The number of aliphatic hydroxyl groups is 1. The normalized spacial score (nSPS) is 11.9. The standard InChI is InChI=1S/C10H13ClN2O2S/c1-7(14)4-5-15-10(16)13-9-3-2-8(11)6-12-9/h2-3,6-7,14H,4-5H2,1H3,(H,12,13,16). The van der Waals surface area contributed by atoms with Crippen LogP contribution in [0.5, 0.6) is 0 Å². The molecule has 0 amide bonds. The lowest BCUT2D eigenvalue weighted by Gasteiger charge is -2.09. The molecule has 0 aliphatic carbocycles. The van der Waals surface area contributed by atoms with Crippen molar-refractivity contribution in [3.63, 3.8) is 0 Å². The largest absolute Gasteiger partial charge is 0.471 e. The first kappa shape index (κ1) is 13.2. The van der Waals surface area contributed by atoms with E-state index in [0.717, 1.165) is 0 Å². The van der Waals surface area contributed by atoms with Crippen LogP contribution in [-0.4, -0.2) is 28.0 Å². The van der Waals surface area contributed by atoms with Crippen LogP contribution in [0, 0.1) is 0 Å². The Morgan fingerprint density at radius 2 is 2.44 bits per heavy atom. The summed E-state index contributed by atoms with van der Waals surface area (Å²) in [5.74, 6) is 0.575. The molecule has 1 unspecified atom stereocenters. The van der Waals surface area contributed by atoms with Crippen molar-refractivity contribution in [2.75, 3.05) is 11.9 Å². The van der Waals surface area contributed by atoms with Crippen LogP contribution in [-0.2, 0) is 4.74 Å². The maximum Gasteiger partial charge on any atom is 0.262 e. The highest BCUT2D eigenvalue weighted by Gasteiger charge is 2.01. The van der Waals surface area contributed by atoms with Crippen LogP contribution in [0.4, 0.5) is 5.82 Å². The lowest BCUT2D eigenvalue weighted by atomic mass is 10.3. The third kappa shape index (κ3) is 5.25. The van der Waals surface area contributed by atoms with E-state index in [0.29, 0.717) is 23.9 Å². The molecular formula is C10H13ClN2O2S. The van der Waals surface area contributed by atoms with Crippen molar-refractivity contribution in [2.45, 2.75) is 19.4 Å². The monoisotopic (exact) mass is 260 g/mol. The van der Waals surface area contributed by atoms with E-state index in [2.05, 4.69) is 10.3 Å². The van der Waals surface area contributed by atoms with Crippen molar-refractivity contribution in [1.82, 2.24) is 4.98 Å². The first-order valence-electron chi connectivity index (χ1n) is 4.81. The molecule has 0 radical (unpaired) electrons. The van der Waals surface area contributed by atoms with Gasteiger partial charge in [0.05, 0.1) is 17.7 Å². The maximum absolute atomic E-state index is 9.01. The molecule has 0 aromatic carbocycles. The summed E-state index contributed by atoms with van der Waals surface area (Å²) < 4.78 is 5.17. The number of aliphatic hydroxyl groups excluding tert-OH is 1. The Labute approximate surface area is 105 Å². The molecule has 4 nitrogen and oxygen atoms in total. The van der Waals surface area contributed by atoms with Gasteiger partial charge in [-0.2, -0.15) is 0 Å². The number of thiocarbonyl (C=S) groups is 1. The van der Waals surface area contributed by atoms with Crippen molar-refractivity contribution < 1.29 is 9.84 Å². The number of nitrogens with zero attached hydrogens (tertiary/aromatic N) is 1. The third-order valence-corrected chi connectivity index (χ3v) is 2.17. The van der Waals surface area contributed by atoms with Crippen LogP contribution in [0.2, 0.25) is 5.02 Å². The molecule has 1 rings (SSSR count). The Morgan fingerprint density at radius 1 is 1.69 bits per heavy atom. The second kappa shape index (κ2) is 6.62. The van der Waals surface area contributed by atoms with E-state index < -0.39 is 6.10 Å². The van der Waals surface area contributed by atoms with E-state index in [1.807, 2.05) is 0 Å². The van der Waals surface area contributed by atoms with Gasteiger partial charge in [-0.15, -0.1) is 0 Å². The van der Waals surface area contributed by atoms with Crippen LogP contribution in [0.15, 0.2) is 18.3 Å². The second-order valence-electron chi connectivity index (χ2n) is 3.26. The Bertz CT molecular complexity index is 343. The number of anilines is 1. The Hall–Kier alpha value is -0.910. The number of rotatable bonds is 4. The molecule has 0 aliphatic rings. The highest BCUT2D eigenvalue weighted by molar-refractivity contribution is 7.80. The van der Waals surface area contributed by atoms with Gasteiger partial charge in [-0.25, -0.2) is 4.98 Å². The van der Waals surface area contributed by atoms with Crippen LogP contribution in [0.3, 0.4) is 0 Å². The molecule has 1 heterocycles. The molecule has 0 saturated heterocycles. The summed E-state index contributed by atoms with van der Waals surface area (Å²) >= 11 is 10.6. The Kier molecular flexibility index (Phi) is 5.45. The van der Waals surface area contributed by atoms with Crippen LogP contribution < -0.4 is 5.32 Å². The van der Waals surface area contributed by atoms with Gasteiger partial charge in [0, 0.05) is 12.6 Å².